The van der Waals surface area contributed by atoms with Gasteiger partial charge in [-0.1, -0.05) is 35.0 Å². The molecule has 1 aliphatic carbocycles. The van der Waals surface area contributed by atoms with Crippen LogP contribution in [0.15, 0.2) is 47.0 Å². The Balaban J connectivity index is 1.48. The largest absolute Gasteiger partial charge is 0.339 e. The first-order valence-electron chi connectivity index (χ1n) is 8.27. The lowest BCUT2D eigenvalue weighted by Crippen LogP contribution is -2.15. The molecule has 0 aliphatic heterocycles. The molecule has 1 aliphatic rings. The third kappa shape index (κ3) is 3.60. The molecule has 0 saturated heterocycles. The number of rotatable bonds is 5. The second-order valence-electron chi connectivity index (χ2n) is 6.24. The number of nitrogens with zero attached hydrogens (tertiary/aromatic N) is 2. The first-order valence-corrected chi connectivity index (χ1v) is 8.65. The zero-order chi connectivity index (χ0) is 18.1. The van der Waals surface area contributed by atoms with Crippen LogP contribution in [0.2, 0.25) is 5.02 Å². The number of hydrogen-bond acceptors (Lipinski definition) is 4. The highest BCUT2D eigenvalue weighted by atomic mass is 35.5. The van der Waals surface area contributed by atoms with Gasteiger partial charge >= 0.3 is 0 Å². The monoisotopic (exact) mass is 371 g/mol. The highest BCUT2D eigenvalue weighted by Gasteiger charge is 2.29. The summed E-state index contributed by atoms with van der Waals surface area (Å²) < 4.78 is 19.1. The molecule has 26 heavy (non-hydrogen) atoms. The number of amides is 1. The van der Waals surface area contributed by atoms with Crippen molar-refractivity contribution < 1.29 is 13.7 Å². The fraction of sp³-hybridized carbons (Fsp3) is 0.211. The summed E-state index contributed by atoms with van der Waals surface area (Å²) in [4.78, 5) is 16.6. The molecule has 0 unspecified atom stereocenters. The van der Waals surface area contributed by atoms with Crippen LogP contribution in [0.3, 0.4) is 0 Å². The van der Waals surface area contributed by atoms with E-state index in [9.17, 15) is 9.18 Å². The van der Waals surface area contributed by atoms with Crippen molar-refractivity contribution in [2.45, 2.75) is 25.2 Å². The minimum Gasteiger partial charge on any atom is -0.339 e. The Bertz CT molecular complexity index is 949. The summed E-state index contributed by atoms with van der Waals surface area (Å²) >= 11 is 5.97. The van der Waals surface area contributed by atoms with E-state index in [2.05, 4.69) is 15.5 Å². The fourth-order valence-electron chi connectivity index (χ4n) is 2.65. The minimum atomic E-state index is -0.499. The van der Waals surface area contributed by atoms with E-state index < -0.39 is 5.82 Å². The highest BCUT2D eigenvalue weighted by Crippen LogP contribution is 2.39. The van der Waals surface area contributed by atoms with Gasteiger partial charge in [0.15, 0.2) is 0 Å². The molecular weight excluding hydrogens is 357 g/mol. The van der Waals surface area contributed by atoms with Gasteiger partial charge in [-0.3, -0.25) is 4.79 Å². The molecule has 132 valence electrons. The van der Waals surface area contributed by atoms with Crippen molar-refractivity contribution in [1.29, 1.82) is 0 Å². The Kier molecular flexibility index (Phi) is 4.42. The Labute approximate surface area is 154 Å². The minimum absolute atomic E-state index is 0.149. The summed E-state index contributed by atoms with van der Waals surface area (Å²) in [5.41, 5.74) is 1.48. The van der Waals surface area contributed by atoms with E-state index in [1.54, 1.807) is 24.3 Å². The maximum atomic E-state index is 13.8. The van der Waals surface area contributed by atoms with E-state index in [1.165, 1.54) is 12.1 Å². The van der Waals surface area contributed by atoms with Crippen molar-refractivity contribution >= 4 is 23.2 Å². The number of benzene rings is 2. The third-order valence-corrected chi connectivity index (χ3v) is 4.53. The van der Waals surface area contributed by atoms with Gasteiger partial charge < -0.3 is 9.84 Å². The van der Waals surface area contributed by atoms with Gasteiger partial charge in [-0.2, -0.15) is 4.98 Å². The van der Waals surface area contributed by atoms with Gasteiger partial charge in [-0.15, -0.1) is 0 Å². The van der Waals surface area contributed by atoms with Crippen LogP contribution in [-0.2, 0) is 11.2 Å². The van der Waals surface area contributed by atoms with Crippen LogP contribution in [0.25, 0.3) is 11.4 Å². The molecule has 2 aromatic carbocycles. The van der Waals surface area contributed by atoms with Crippen LogP contribution < -0.4 is 5.32 Å². The molecule has 1 heterocycles. The maximum absolute atomic E-state index is 13.8. The molecule has 5 nitrogen and oxygen atoms in total. The first kappa shape index (κ1) is 16.7. The molecule has 1 fully saturated rings. The van der Waals surface area contributed by atoms with Crippen LogP contribution in [0.1, 0.15) is 30.2 Å². The first-order chi connectivity index (χ1) is 12.6. The molecule has 0 spiro atoms. The van der Waals surface area contributed by atoms with E-state index in [-0.39, 0.29) is 22.9 Å². The van der Waals surface area contributed by atoms with Crippen molar-refractivity contribution in [3.8, 4) is 11.4 Å². The normalized spacial score (nSPS) is 13.6. The predicted octanol–water partition coefficient (Wildman–Crippen LogP) is 4.59. The van der Waals surface area contributed by atoms with Crippen molar-refractivity contribution in [2.24, 2.45) is 0 Å². The number of carbonyl (C=O) groups is 1. The summed E-state index contributed by atoms with van der Waals surface area (Å²) in [5.74, 6) is 0.662. The van der Waals surface area contributed by atoms with E-state index in [4.69, 9.17) is 16.1 Å². The molecule has 1 N–H and O–H groups in total. The summed E-state index contributed by atoms with van der Waals surface area (Å²) in [5, 5.41) is 6.97. The van der Waals surface area contributed by atoms with Crippen molar-refractivity contribution in [3.05, 3.63) is 64.8 Å². The molecule has 1 saturated carbocycles. The molecule has 0 atom stereocenters. The maximum Gasteiger partial charge on any atom is 0.230 e. The van der Waals surface area contributed by atoms with E-state index >= 15 is 0 Å². The zero-order valence-electron chi connectivity index (χ0n) is 13.7. The molecule has 1 amide bonds. The number of anilines is 1. The van der Waals surface area contributed by atoms with E-state index in [0.29, 0.717) is 23.3 Å². The van der Waals surface area contributed by atoms with Crippen LogP contribution >= 0.6 is 11.6 Å². The quantitative estimate of drug-likeness (QED) is 0.712. The van der Waals surface area contributed by atoms with Crippen LogP contribution in [0.4, 0.5) is 10.1 Å². The van der Waals surface area contributed by atoms with Gasteiger partial charge in [0.25, 0.3) is 0 Å². The van der Waals surface area contributed by atoms with Crippen molar-refractivity contribution in [3.63, 3.8) is 0 Å². The average Bonchev–Trinajstić information content (AvgIpc) is 3.35. The number of aromatic nitrogens is 2. The van der Waals surface area contributed by atoms with Gasteiger partial charge in [-0.05, 0) is 37.1 Å². The topological polar surface area (TPSA) is 68.0 Å². The number of nitrogens with one attached hydrogen (secondary N) is 1. The molecule has 4 rings (SSSR count). The Morgan fingerprint density at radius 3 is 2.85 bits per heavy atom. The van der Waals surface area contributed by atoms with Crippen LogP contribution in [0, 0.1) is 5.82 Å². The highest BCUT2D eigenvalue weighted by molar-refractivity contribution is 6.31. The lowest BCUT2D eigenvalue weighted by atomic mass is 10.1. The SMILES string of the molecule is O=C(Cc1c(F)cccc1Cl)Nc1cccc(-c2noc(C3CC3)n2)c1. The van der Waals surface area contributed by atoms with E-state index in [0.717, 1.165) is 18.4 Å². The van der Waals surface area contributed by atoms with Crippen molar-refractivity contribution in [2.75, 3.05) is 5.32 Å². The summed E-state index contributed by atoms with van der Waals surface area (Å²) in [7, 11) is 0. The predicted molar refractivity (Wildman–Crippen MR) is 95.5 cm³/mol. The van der Waals surface area contributed by atoms with Gasteiger partial charge in [-0.25, -0.2) is 4.39 Å². The Hall–Kier alpha value is -2.73. The third-order valence-electron chi connectivity index (χ3n) is 4.17. The van der Waals surface area contributed by atoms with Crippen molar-refractivity contribution in [1.82, 2.24) is 10.1 Å². The Morgan fingerprint density at radius 1 is 1.27 bits per heavy atom. The smallest absolute Gasteiger partial charge is 0.230 e. The molecule has 3 aromatic rings. The van der Waals surface area contributed by atoms with E-state index in [1.807, 2.05) is 6.07 Å². The zero-order valence-corrected chi connectivity index (χ0v) is 14.5. The molecular formula is C19H15ClFN3O2. The lowest BCUT2D eigenvalue weighted by molar-refractivity contribution is -0.115. The lowest BCUT2D eigenvalue weighted by Gasteiger charge is -2.08. The second-order valence-corrected chi connectivity index (χ2v) is 6.64. The van der Waals surface area contributed by atoms with Gasteiger partial charge in [0, 0.05) is 27.8 Å². The van der Waals surface area contributed by atoms with Crippen LogP contribution in [0.5, 0.6) is 0 Å². The number of carbonyl (C=O) groups excluding carboxylic acids is 1. The fourth-order valence-corrected chi connectivity index (χ4v) is 2.88. The Morgan fingerprint density at radius 2 is 2.08 bits per heavy atom. The molecule has 0 bridgehead atoms. The van der Waals surface area contributed by atoms with Gasteiger partial charge in [0.1, 0.15) is 5.82 Å². The van der Waals surface area contributed by atoms with Gasteiger partial charge in [0.05, 0.1) is 6.42 Å². The van der Waals surface area contributed by atoms with Gasteiger partial charge in [0.2, 0.25) is 17.6 Å². The summed E-state index contributed by atoms with van der Waals surface area (Å²) in [6.07, 6.45) is 2.01. The molecule has 7 heteroatoms. The second kappa shape index (κ2) is 6.88. The van der Waals surface area contributed by atoms with Crippen LogP contribution in [-0.4, -0.2) is 16.0 Å². The molecule has 0 radical (unpaired) electrons. The standard InChI is InChI=1S/C19H15ClFN3O2/c20-15-5-2-6-16(21)14(15)10-17(25)22-13-4-1-3-12(9-13)18-23-19(26-24-18)11-7-8-11/h1-6,9,11H,7-8,10H2,(H,22,25). The summed E-state index contributed by atoms with van der Waals surface area (Å²) in [6, 6.07) is 11.5. The number of hydrogen-bond donors (Lipinski definition) is 1. The number of halogens is 2. The average molecular weight is 372 g/mol. The molecule has 1 aromatic heterocycles. The summed E-state index contributed by atoms with van der Waals surface area (Å²) in [6.45, 7) is 0.